The molecule has 3 rings (SSSR count). The summed E-state index contributed by atoms with van der Waals surface area (Å²) in [6.07, 6.45) is -1.52. The Morgan fingerprint density at radius 1 is 1.33 bits per heavy atom. The SMILES string of the molecule is CC[C@@H](O)CNS(=O)(=O)c1ccc(N2CC[C@@H](CN)[C@@H](F)C2)c(C2=NCN=N2)c1S(N)(=O)=O. The van der Waals surface area contributed by atoms with Crippen LogP contribution in [0.25, 0.3) is 0 Å². The van der Waals surface area contributed by atoms with E-state index in [0.29, 0.717) is 13.0 Å². The number of aliphatic hydroxyl groups excluding tert-OH is 1. The Balaban J connectivity index is 2.19. The third-order valence-corrected chi connectivity index (χ3v) is 8.23. The molecule has 184 valence electrons. The molecule has 2 aliphatic rings. The van der Waals surface area contributed by atoms with E-state index in [9.17, 15) is 26.3 Å². The maximum absolute atomic E-state index is 14.6. The summed E-state index contributed by atoms with van der Waals surface area (Å²) in [5.41, 5.74) is 5.69. The molecule has 1 saturated heterocycles. The summed E-state index contributed by atoms with van der Waals surface area (Å²) in [6.45, 7) is 1.73. The van der Waals surface area contributed by atoms with Crippen molar-refractivity contribution >= 4 is 31.6 Å². The molecule has 2 heterocycles. The van der Waals surface area contributed by atoms with E-state index in [2.05, 4.69) is 19.9 Å². The molecule has 12 nitrogen and oxygen atoms in total. The second-order valence-electron chi connectivity index (χ2n) is 7.86. The fourth-order valence-corrected chi connectivity index (χ4v) is 6.42. The van der Waals surface area contributed by atoms with Crippen LogP contribution < -0.4 is 20.5 Å². The van der Waals surface area contributed by atoms with Crippen LogP contribution in [0.3, 0.4) is 0 Å². The van der Waals surface area contributed by atoms with Crippen molar-refractivity contribution in [2.45, 2.75) is 41.8 Å². The first-order valence-corrected chi connectivity index (χ1v) is 13.4. The molecule has 1 fully saturated rings. The Labute approximate surface area is 192 Å². The molecule has 15 heteroatoms. The predicted molar refractivity (Wildman–Crippen MR) is 120 cm³/mol. The van der Waals surface area contributed by atoms with Crippen molar-refractivity contribution in [3.05, 3.63) is 17.7 Å². The summed E-state index contributed by atoms with van der Waals surface area (Å²) < 4.78 is 68.1. The molecule has 0 aliphatic carbocycles. The van der Waals surface area contributed by atoms with Gasteiger partial charge in [-0.05, 0) is 31.5 Å². The highest BCUT2D eigenvalue weighted by molar-refractivity contribution is 7.92. The standard InChI is InChI=1S/C18H28FN7O5S2/c1-2-12(27)8-24-33(30,31)15-4-3-14(26-6-5-11(7-20)13(19)9-26)16(17(15)32(21,28)29)18-22-10-23-25-18/h3-4,11-13,24,27H,2,5-10,20H2,1H3,(H2,21,28,29)/t11-,12+,13-/m0/s1. The van der Waals surface area contributed by atoms with E-state index in [4.69, 9.17) is 10.9 Å². The van der Waals surface area contributed by atoms with Crippen LogP contribution in [0.1, 0.15) is 25.3 Å². The van der Waals surface area contributed by atoms with Crippen molar-refractivity contribution in [2.75, 3.05) is 37.7 Å². The van der Waals surface area contributed by atoms with E-state index in [1.165, 1.54) is 6.07 Å². The molecule has 33 heavy (non-hydrogen) atoms. The number of aliphatic imine (C=N–C) groups is 1. The van der Waals surface area contributed by atoms with Crippen LogP contribution in [0, 0.1) is 5.92 Å². The molecule has 6 N–H and O–H groups in total. The fourth-order valence-electron chi connectivity index (χ4n) is 3.75. The minimum absolute atomic E-state index is 0.0717. The largest absolute Gasteiger partial charge is 0.392 e. The second kappa shape index (κ2) is 10.1. The van der Waals surface area contributed by atoms with Gasteiger partial charge < -0.3 is 15.7 Å². The maximum Gasteiger partial charge on any atom is 0.242 e. The summed E-state index contributed by atoms with van der Waals surface area (Å²) in [6, 6.07) is 2.47. The topological polar surface area (TPSA) is 193 Å². The second-order valence-corrected chi connectivity index (χ2v) is 11.1. The number of amidine groups is 1. The molecule has 1 aromatic carbocycles. The van der Waals surface area contributed by atoms with E-state index in [1.54, 1.807) is 11.8 Å². The molecule has 0 aromatic heterocycles. The van der Waals surface area contributed by atoms with Gasteiger partial charge in [-0.25, -0.2) is 36.1 Å². The molecule has 0 bridgehead atoms. The van der Waals surface area contributed by atoms with Crippen LogP contribution >= 0.6 is 0 Å². The van der Waals surface area contributed by atoms with Crippen LogP contribution in [0.5, 0.6) is 0 Å². The van der Waals surface area contributed by atoms with Gasteiger partial charge >= 0.3 is 0 Å². The molecule has 0 radical (unpaired) electrons. The molecule has 0 unspecified atom stereocenters. The van der Waals surface area contributed by atoms with Crippen molar-refractivity contribution < 1.29 is 26.3 Å². The minimum Gasteiger partial charge on any atom is -0.392 e. The number of piperidine rings is 1. The number of benzene rings is 1. The lowest BCUT2D eigenvalue weighted by Gasteiger charge is -2.37. The number of nitrogens with two attached hydrogens (primary N) is 2. The zero-order valence-corrected chi connectivity index (χ0v) is 19.7. The van der Waals surface area contributed by atoms with Gasteiger partial charge in [-0.1, -0.05) is 6.92 Å². The molecule has 0 spiro atoms. The third kappa shape index (κ3) is 5.55. The average Bonchev–Trinajstić information content (AvgIpc) is 3.30. The lowest BCUT2D eigenvalue weighted by atomic mass is 9.94. The first-order chi connectivity index (χ1) is 15.5. The summed E-state index contributed by atoms with van der Waals surface area (Å²) in [5.74, 6) is -0.448. The van der Waals surface area contributed by atoms with Gasteiger partial charge in [0.05, 0.1) is 11.7 Å². The smallest absolute Gasteiger partial charge is 0.242 e. The number of hydrogen-bond donors (Lipinski definition) is 4. The van der Waals surface area contributed by atoms with E-state index in [1.807, 2.05) is 0 Å². The molecule has 1 aromatic rings. The zero-order chi connectivity index (χ0) is 24.4. The Kier molecular flexibility index (Phi) is 7.80. The minimum atomic E-state index is -4.62. The third-order valence-electron chi connectivity index (χ3n) is 5.65. The summed E-state index contributed by atoms with van der Waals surface area (Å²) in [7, 11) is -9.03. The number of anilines is 1. The number of primary sulfonamides is 1. The van der Waals surface area contributed by atoms with Crippen molar-refractivity contribution in [1.29, 1.82) is 0 Å². The van der Waals surface area contributed by atoms with E-state index in [0.717, 1.165) is 6.07 Å². The monoisotopic (exact) mass is 505 g/mol. The Morgan fingerprint density at radius 3 is 2.61 bits per heavy atom. The number of nitrogens with one attached hydrogen (secondary N) is 1. The van der Waals surface area contributed by atoms with Gasteiger partial charge in [-0.15, -0.1) is 5.11 Å². The van der Waals surface area contributed by atoms with Crippen LogP contribution in [0.4, 0.5) is 10.1 Å². The lowest BCUT2D eigenvalue weighted by Crippen LogP contribution is -2.45. The van der Waals surface area contributed by atoms with Gasteiger partial charge in [0.1, 0.15) is 16.0 Å². The Morgan fingerprint density at radius 2 is 2.06 bits per heavy atom. The molecule has 3 atom stereocenters. The maximum atomic E-state index is 14.6. The van der Waals surface area contributed by atoms with Crippen molar-refractivity contribution in [3.63, 3.8) is 0 Å². The number of hydrogen-bond acceptors (Lipinski definition) is 10. The number of halogens is 1. The van der Waals surface area contributed by atoms with Gasteiger partial charge in [0.25, 0.3) is 0 Å². The van der Waals surface area contributed by atoms with Crippen molar-refractivity contribution in [1.82, 2.24) is 4.72 Å². The quantitative estimate of drug-likeness (QED) is 0.353. The van der Waals surface area contributed by atoms with E-state index >= 15 is 0 Å². The molecule has 0 saturated carbocycles. The van der Waals surface area contributed by atoms with Crippen LogP contribution in [-0.2, 0) is 20.0 Å². The van der Waals surface area contributed by atoms with Crippen LogP contribution in [0.2, 0.25) is 0 Å². The van der Waals surface area contributed by atoms with Crippen molar-refractivity contribution in [3.8, 4) is 0 Å². The van der Waals surface area contributed by atoms with Gasteiger partial charge in [0, 0.05) is 31.2 Å². The molecular weight excluding hydrogens is 477 g/mol. The van der Waals surface area contributed by atoms with E-state index < -0.39 is 42.1 Å². The predicted octanol–water partition coefficient (Wildman–Crippen LogP) is -0.324. The average molecular weight is 506 g/mol. The van der Waals surface area contributed by atoms with Gasteiger partial charge in [-0.3, -0.25) is 0 Å². The lowest BCUT2D eigenvalue weighted by molar-refractivity contribution is 0.174. The Bertz CT molecular complexity index is 1160. The van der Waals surface area contributed by atoms with Gasteiger partial charge in [0.2, 0.25) is 20.0 Å². The first kappa shape index (κ1) is 25.6. The molecule has 0 amide bonds. The number of azo groups is 1. The van der Waals surface area contributed by atoms with Crippen LogP contribution in [-0.4, -0.2) is 72.9 Å². The fraction of sp³-hybridized carbons (Fsp3) is 0.611. The highest BCUT2D eigenvalue weighted by Crippen LogP contribution is 2.36. The number of nitrogens with zero attached hydrogens (tertiary/aromatic N) is 4. The first-order valence-electron chi connectivity index (χ1n) is 10.4. The summed E-state index contributed by atoms with van der Waals surface area (Å²) in [4.78, 5) is 4.33. The van der Waals surface area contributed by atoms with Gasteiger partial charge in [0.15, 0.2) is 12.5 Å². The number of rotatable bonds is 9. The van der Waals surface area contributed by atoms with Crippen LogP contribution in [0.15, 0.2) is 37.1 Å². The highest BCUT2D eigenvalue weighted by atomic mass is 32.2. The normalized spacial score (nSPS) is 22.5. The number of aliphatic hydroxyl groups is 1. The number of sulfonamides is 2. The molecular formula is C18H28FN7O5S2. The summed E-state index contributed by atoms with van der Waals surface area (Å²) >= 11 is 0. The summed E-state index contributed by atoms with van der Waals surface area (Å²) in [5, 5.41) is 22.8. The van der Waals surface area contributed by atoms with E-state index in [-0.39, 0.29) is 55.7 Å². The highest BCUT2D eigenvalue weighted by Gasteiger charge is 2.36. The van der Waals surface area contributed by atoms with Gasteiger partial charge in [-0.2, -0.15) is 5.11 Å². The molecule has 2 aliphatic heterocycles. The Hall–Kier alpha value is -2.04. The zero-order valence-electron chi connectivity index (χ0n) is 18.1. The number of alkyl halides is 1. The van der Waals surface area contributed by atoms with Crippen molar-refractivity contribution in [2.24, 2.45) is 32.0 Å².